The van der Waals surface area contributed by atoms with E-state index in [9.17, 15) is 18.0 Å². The van der Waals surface area contributed by atoms with E-state index < -0.39 is 11.7 Å². The molecule has 0 aliphatic carbocycles. The van der Waals surface area contributed by atoms with Crippen molar-refractivity contribution in [1.82, 2.24) is 4.90 Å². The molecule has 0 saturated heterocycles. The Kier molecular flexibility index (Phi) is 8.47. The largest absolute Gasteiger partial charge is 0.416 e. The monoisotopic (exact) mass is 469 g/mol. The number of amides is 1. The Balaban J connectivity index is 0.00000158. The third-order valence-corrected chi connectivity index (χ3v) is 5.70. The van der Waals surface area contributed by atoms with Crippen molar-refractivity contribution < 1.29 is 18.0 Å². The normalized spacial score (nSPS) is 13.5. The molecule has 0 fully saturated rings. The number of halogens is 3. The highest BCUT2D eigenvalue weighted by Crippen LogP contribution is 2.32. The number of nitrogens with zero attached hydrogens (tertiary/aromatic N) is 1. The molecule has 34 heavy (non-hydrogen) atoms. The molecule has 7 heteroatoms. The zero-order valence-electron chi connectivity index (χ0n) is 19.5. The van der Waals surface area contributed by atoms with Crippen LogP contribution in [0.25, 0.3) is 11.1 Å². The highest BCUT2D eigenvalue weighted by atomic mass is 19.4. The molecule has 1 aliphatic rings. The smallest absolute Gasteiger partial charge is 0.329 e. The van der Waals surface area contributed by atoms with Crippen molar-refractivity contribution in [3.8, 4) is 11.1 Å². The summed E-state index contributed by atoms with van der Waals surface area (Å²) < 4.78 is 38.6. The number of rotatable bonds is 5. The number of hydrogen-bond donors (Lipinski definition) is 2. The maximum absolute atomic E-state index is 13.0. The Bertz CT molecular complexity index is 1110. The maximum Gasteiger partial charge on any atom is 0.416 e. The Hall–Kier alpha value is -3.16. The van der Waals surface area contributed by atoms with Gasteiger partial charge in [0, 0.05) is 37.4 Å². The zero-order valence-corrected chi connectivity index (χ0v) is 19.5. The van der Waals surface area contributed by atoms with E-state index in [0.29, 0.717) is 28.9 Å². The molecule has 180 valence electrons. The molecule has 1 heterocycles. The van der Waals surface area contributed by atoms with Gasteiger partial charge in [-0.3, -0.25) is 9.69 Å². The van der Waals surface area contributed by atoms with Gasteiger partial charge in [0.2, 0.25) is 0 Å². The average Bonchev–Trinajstić information content (AvgIpc) is 2.85. The third-order valence-electron chi connectivity index (χ3n) is 5.70. The summed E-state index contributed by atoms with van der Waals surface area (Å²) >= 11 is 0. The van der Waals surface area contributed by atoms with Gasteiger partial charge in [0.1, 0.15) is 0 Å². The van der Waals surface area contributed by atoms with Crippen molar-refractivity contribution in [3.63, 3.8) is 0 Å². The van der Waals surface area contributed by atoms with E-state index in [1.54, 1.807) is 24.3 Å². The van der Waals surface area contributed by atoms with Crippen LogP contribution in [-0.4, -0.2) is 30.4 Å². The summed E-state index contributed by atoms with van der Waals surface area (Å²) in [6, 6.07) is 17.6. The molecule has 0 atom stereocenters. The van der Waals surface area contributed by atoms with Crippen LogP contribution in [0, 0.1) is 0 Å². The van der Waals surface area contributed by atoms with Gasteiger partial charge in [-0.1, -0.05) is 50.2 Å². The van der Waals surface area contributed by atoms with Gasteiger partial charge < -0.3 is 11.1 Å². The van der Waals surface area contributed by atoms with Crippen molar-refractivity contribution >= 4 is 11.6 Å². The number of carbonyl (C=O) groups is 1. The molecule has 1 aliphatic heterocycles. The van der Waals surface area contributed by atoms with E-state index in [-0.39, 0.29) is 5.91 Å². The molecular weight excluding hydrogens is 439 g/mol. The Labute approximate surface area is 198 Å². The van der Waals surface area contributed by atoms with Gasteiger partial charge in [0.15, 0.2) is 0 Å². The van der Waals surface area contributed by atoms with Crippen LogP contribution in [0.1, 0.15) is 40.9 Å². The Morgan fingerprint density at radius 1 is 1.00 bits per heavy atom. The lowest BCUT2D eigenvalue weighted by molar-refractivity contribution is -0.137. The van der Waals surface area contributed by atoms with Gasteiger partial charge in [-0.15, -0.1) is 0 Å². The molecule has 0 spiro atoms. The second-order valence-electron chi connectivity index (χ2n) is 7.87. The summed E-state index contributed by atoms with van der Waals surface area (Å²) in [5, 5.41) is 2.94. The number of fused-ring (bicyclic) bond motifs is 1. The first-order valence-corrected chi connectivity index (χ1v) is 11.5. The highest BCUT2D eigenvalue weighted by molar-refractivity contribution is 6.08. The van der Waals surface area contributed by atoms with Crippen LogP contribution >= 0.6 is 0 Å². The number of carbonyl (C=O) groups excluding carboxylic acids is 1. The zero-order chi connectivity index (χ0) is 24.7. The van der Waals surface area contributed by atoms with Crippen LogP contribution in [0.5, 0.6) is 0 Å². The van der Waals surface area contributed by atoms with Crippen LogP contribution in [0.4, 0.5) is 18.9 Å². The number of nitrogens with one attached hydrogen (secondary N) is 1. The standard InChI is InChI=1S/C25H24F3N3O.C2H6/c26-25(27,28)20-8-5-17(6-9-20)22-3-1-2-4-23(22)24(32)30-21-10-7-19-16-31(14-12-29)13-11-18(19)15-21;1-2/h1-10,15H,11-14,16,29H2,(H,30,32);1-2H3. The van der Waals surface area contributed by atoms with Crippen LogP contribution in [0.3, 0.4) is 0 Å². The molecule has 0 unspecified atom stereocenters. The first-order chi connectivity index (χ1) is 16.3. The third kappa shape index (κ3) is 6.04. The van der Waals surface area contributed by atoms with E-state index in [2.05, 4.69) is 10.2 Å². The van der Waals surface area contributed by atoms with E-state index in [0.717, 1.165) is 38.2 Å². The maximum atomic E-state index is 13.0. The van der Waals surface area contributed by atoms with Gasteiger partial charge in [-0.25, -0.2) is 0 Å². The van der Waals surface area contributed by atoms with Gasteiger partial charge in [-0.2, -0.15) is 13.2 Å². The van der Waals surface area contributed by atoms with Crippen LogP contribution in [0.2, 0.25) is 0 Å². The van der Waals surface area contributed by atoms with E-state index in [4.69, 9.17) is 5.73 Å². The second-order valence-corrected chi connectivity index (χ2v) is 7.87. The van der Waals surface area contributed by atoms with E-state index in [1.165, 1.54) is 23.3 Å². The van der Waals surface area contributed by atoms with Crippen LogP contribution in [-0.2, 0) is 19.1 Å². The molecular formula is C27H30F3N3O. The minimum Gasteiger partial charge on any atom is -0.329 e. The topological polar surface area (TPSA) is 58.4 Å². The van der Waals surface area contributed by atoms with E-state index >= 15 is 0 Å². The van der Waals surface area contributed by atoms with Crippen LogP contribution < -0.4 is 11.1 Å². The molecule has 3 N–H and O–H groups in total. The van der Waals surface area contributed by atoms with E-state index in [1.807, 2.05) is 32.0 Å². The molecule has 4 rings (SSSR count). The van der Waals surface area contributed by atoms with Crippen LogP contribution in [0.15, 0.2) is 66.7 Å². The number of benzene rings is 3. The molecule has 0 saturated carbocycles. The van der Waals surface area contributed by atoms with Crippen molar-refractivity contribution in [2.45, 2.75) is 33.0 Å². The predicted octanol–water partition coefficient (Wildman–Crippen LogP) is 5.97. The lowest BCUT2D eigenvalue weighted by atomic mass is 9.97. The van der Waals surface area contributed by atoms with Gasteiger partial charge >= 0.3 is 6.18 Å². The molecule has 4 nitrogen and oxygen atoms in total. The number of alkyl halides is 3. The Morgan fingerprint density at radius 3 is 2.38 bits per heavy atom. The fourth-order valence-corrected chi connectivity index (χ4v) is 4.03. The quantitative estimate of drug-likeness (QED) is 0.484. The van der Waals surface area contributed by atoms with Crippen molar-refractivity contribution in [2.24, 2.45) is 5.73 Å². The number of anilines is 1. The first-order valence-electron chi connectivity index (χ1n) is 11.5. The summed E-state index contributed by atoms with van der Waals surface area (Å²) in [6.07, 6.45) is -3.51. The second kappa shape index (κ2) is 11.3. The van der Waals surface area contributed by atoms with Crippen molar-refractivity contribution in [3.05, 3.63) is 89.0 Å². The lowest BCUT2D eigenvalue weighted by Crippen LogP contribution is -2.34. The molecule has 0 aromatic heterocycles. The fraction of sp³-hybridized carbons (Fsp3) is 0.296. The molecule has 3 aromatic rings. The number of hydrogen-bond acceptors (Lipinski definition) is 3. The van der Waals surface area contributed by atoms with Gasteiger partial charge in [0.05, 0.1) is 5.56 Å². The minimum atomic E-state index is -4.40. The number of nitrogens with two attached hydrogens (primary N) is 1. The molecule has 0 bridgehead atoms. The summed E-state index contributed by atoms with van der Waals surface area (Å²) in [7, 11) is 0. The van der Waals surface area contributed by atoms with Gasteiger partial charge in [0.25, 0.3) is 5.91 Å². The SMILES string of the molecule is CC.NCCN1CCc2cc(NC(=O)c3ccccc3-c3ccc(C(F)(F)F)cc3)ccc2C1. The lowest BCUT2D eigenvalue weighted by Gasteiger charge is -2.28. The minimum absolute atomic E-state index is 0.305. The molecule has 1 amide bonds. The first kappa shape index (κ1) is 25.5. The molecule has 3 aromatic carbocycles. The van der Waals surface area contributed by atoms with Gasteiger partial charge in [-0.05, 0) is 59.0 Å². The van der Waals surface area contributed by atoms with Crippen molar-refractivity contribution in [2.75, 3.05) is 25.0 Å². The summed E-state index contributed by atoms with van der Waals surface area (Å²) in [5.41, 5.74) is 9.59. The fourth-order valence-electron chi connectivity index (χ4n) is 4.03. The summed E-state index contributed by atoms with van der Waals surface area (Å²) in [4.78, 5) is 15.3. The Morgan fingerprint density at radius 2 is 1.71 bits per heavy atom. The average molecular weight is 470 g/mol. The highest BCUT2D eigenvalue weighted by Gasteiger charge is 2.30. The molecule has 0 radical (unpaired) electrons. The summed E-state index contributed by atoms with van der Waals surface area (Å²) in [6.45, 7) is 7.26. The summed E-state index contributed by atoms with van der Waals surface area (Å²) in [5.74, 6) is -0.305. The predicted molar refractivity (Wildman–Crippen MR) is 131 cm³/mol. The van der Waals surface area contributed by atoms with Crippen molar-refractivity contribution in [1.29, 1.82) is 0 Å².